The predicted molar refractivity (Wildman–Crippen MR) is 101 cm³/mol. The van der Waals surface area contributed by atoms with Crippen LogP contribution in [0.5, 0.6) is 0 Å². The second kappa shape index (κ2) is 7.61. The first-order valence-corrected chi connectivity index (χ1v) is 10.5. The second-order valence-corrected chi connectivity index (χ2v) is 9.00. The molecule has 0 saturated carbocycles. The van der Waals surface area contributed by atoms with Crippen molar-refractivity contribution in [1.29, 1.82) is 0 Å². The fourth-order valence-electron chi connectivity index (χ4n) is 5.10. The molecular formula is C21H34N2O3. The van der Waals surface area contributed by atoms with Crippen molar-refractivity contribution in [3.05, 3.63) is 11.6 Å². The minimum Gasteiger partial charge on any atom is -0.459 e. The standard InChI is InChI=1S/C21H34N2O3/c1-14-4-3-9-21(2)19(26-21)18-16(6-5-14)17(20(24)25-18)13-23-12-15-7-10-22-11-8-15/h4,15-19,22-23H,3,5-13H2,1-2H3/t16-,17-,18-,19+,21+/m0/s1. The Kier molecular flexibility index (Phi) is 5.40. The zero-order valence-electron chi connectivity index (χ0n) is 16.3. The molecular weight excluding hydrogens is 328 g/mol. The lowest BCUT2D eigenvalue weighted by Crippen LogP contribution is -2.38. The molecule has 3 saturated heterocycles. The summed E-state index contributed by atoms with van der Waals surface area (Å²) < 4.78 is 11.9. The molecule has 5 atom stereocenters. The van der Waals surface area contributed by atoms with Gasteiger partial charge in [0.15, 0.2) is 0 Å². The summed E-state index contributed by atoms with van der Waals surface area (Å²) >= 11 is 0. The largest absolute Gasteiger partial charge is 0.459 e. The van der Waals surface area contributed by atoms with Crippen LogP contribution in [0.4, 0.5) is 0 Å². The number of piperidine rings is 1. The number of nitrogens with one attached hydrogen (secondary N) is 2. The Hall–Kier alpha value is -0.910. The summed E-state index contributed by atoms with van der Waals surface area (Å²) in [6, 6.07) is 0. The van der Waals surface area contributed by atoms with Crippen LogP contribution in [0.25, 0.3) is 0 Å². The van der Waals surface area contributed by atoms with E-state index >= 15 is 0 Å². The number of fused-ring (bicyclic) bond motifs is 3. The van der Waals surface area contributed by atoms with E-state index in [0.717, 1.165) is 57.8 Å². The lowest BCUT2D eigenvalue weighted by molar-refractivity contribution is -0.144. The van der Waals surface area contributed by atoms with Crippen molar-refractivity contribution in [3.8, 4) is 0 Å². The number of esters is 1. The first-order chi connectivity index (χ1) is 12.6. The Labute approximate surface area is 157 Å². The molecule has 26 heavy (non-hydrogen) atoms. The quantitative estimate of drug-likeness (QED) is 0.457. The van der Waals surface area contributed by atoms with Crippen LogP contribution in [0.2, 0.25) is 0 Å². The van der Waals surface area contributed by atoms with E-state index in [2.05, 4.69) is 30.6 Å². The van der Waals surface area contributed by atoms with Crippen LogP contribution in [0, 0.1) is 17.8 Å². The van der Waals surface area contributed by atoms with Gasteiger partial charge in [-0.25, -0.2) is 0 Å². The van der Waals surface area contributed by atoms with Gasteiger partial charge in [0, 0.05) is 12.5 Å². The van der Waals surface area contributed by atoms with E-state index in [0.29, 0.717) is 0 Å². The van der Waals surface area contributed by atoms with Gasteiger partial charge in [0.05, 0.1) is 11.5 Å². The van der Waals surface area contributed by atoms with Crippen LogP contribution in [0.1, 0.15) is 52.4 Å². The van der Waals surface area contributed by atoms with Gasteiger partial charge in [0.25, 0.3) is 0 Å². The van der Waals surface area contributed by atoms with Gasteiger partial charge in [-0.2, -0.15) is 0 Å². The first kappa shape index (κ1) is 18.5. The van der Waals surface area contributed by atoms with Crippen molar-refractivity contribution >= 4 is 5.97 Å². The Balaban J connectivity index is 1.39. The van der Waals surface area contributed by atoms with Gasteiger partial charge < -0.3 is 20.1 Å². The molecule has 3 aliphatic heterocycles. The highest BCUT2D eigenvalue weighted by atomic mass is 16.6. The minimum atomic E-state index is -0.102. The van der Waals surface area contributed by atoms with Gasteiger partial charge in [-0.05, 0) is 77.9 Å². The minimum absolute atomic E-state index is 0.0171. The summed E-state index contributed by atoms with van der Waals surface area (Å²) in [5.74, 6) is 0.962. The summed E-state index contributed by atoms with van der Waals surface area (Å²) in [5, 5.41) is 7.00. The number of rotatable bonds is 4. The molecule has 0 aromatic heterocycles. The van der Waals surface area contributed by atoms with E-state index in [9.17, 15) is 4.79 Å². The average Bonchev–Trinajstić information content (AvgIpc) is 3.20. The van der Waals surface area contributed by atoms with E-state index in [-0.39, 0.29) is 35.6 Å². The summed E-state index contributed by atoms with van der Waals surface area (Å²) in [7, 11) is 0. The Morgan fingerprint density at radius 1 is 1.27 bits per heavy atom. The number of ether oxygens (including phenoxy) is 2. The molecule has 0 unspecified atom stereocenters. The first-order valence-electron chi connectivity index (χ1n) is 10.5. The molecule has 4 aliphatic rings. The molecule has 5 nitrogen and oxygen atoms in total. The van der Waals surface area contributed by atoms with Gasteiger partial charge >= 0.3 is 5.97 Å². The average molecular weight is 363 g/mol. The van der Waals surface area contributed by atoms with Crippen molar-refractivity contribution in [1.82, 2.24) is 10.6 Å². The molecule has 1 aliphatic carbocycles. The zero-order chi connectivity index (χ0) is 18.1. The predicted octanol–water partition coefficient (Wildman–Crippen LogP) is 2.41. The third-order valence-corrected chi connectivity index (χ3v) is 6.99. The number of hydrogen-bond acceptors (Lipinski definition) is 5. The zero-order valence-corrected chi connectivity index (χ0v) is 16.3. The summed E-state index contributed by atoms with van der Waals surface area (Å²) in [6.07, 6.45) is 9.02. The van der Waals surface area contributed by atoms with E-state index in [1.807, 2.05) is 0 Å². The van der Waals surface area contributed by atoms with E-state index < -0.39 is 0 Å². The molecule has 4 rings (SSSR count). The molecule has 0 amide bonds. The lowest BCUT2D eigenvalue weighted by atomic mass is 9.80. The lowest BCUT2D eigenvalue weighted by Gasteiger charge is -2.25. The number of allylic oxidation sites excluding steroid dienone is 2. The highest BCUT2D eigenvalue weighted by molar-refractivity contribution is 5.75. The van der Waals surface area contributed by atoms with Crippen molar-refractivity contribution in [3.63, 3.8) is 0 Å². The normalized spacial score (nSPS) is 41.0. The van der Waals surface area contributed by atoms with Crippen LogP contribution >= 0.6 is 0 Å². The fourth-order valence-corrected chi connectivity index (χ4v) is 5.10. The maximum absolute atomic E-state index is 12.6. The van der Waals surface area contributed by atoms with Crippen molar-refractivity contribution < 1.29 is 14.3 Å². The topological polar surface area (TPSA) is 62.9 Å². The van der Waals surface area contributed by atoms with Gasteiger partial charge in [0.2, 0.25) is 0 Å². The van der Waals surface area contributed by atoms with E-state index in [1.165, 1.54) is 18.4 Å². The van der Waals surface area contributed by atoms with Gasteiger partial charge in [-0.3, -0.25) is 4.79 Å². The van der Waals surface area contributed by atoms with Crippen LogP contribution in [-0.4, -0.2) is 50.0 Å². The molecule has 0 aromatic carbocycles. The molecule has 146 valence electrons. The Bertz CT molecular complexity index is 557. The molecule has 0 radical (unpaired) electrons. The van der Waals surface area contributed by atoms with Crippen molar-refractivity contribution in [2.24, 2.45) is 17.8 Å². The third kappa shape index (κ3) is 3.85. The number of carbonyl (C=O) groups is 1. The van der Waals surface area contributed by atoms with Crippen LogP contribution in [0.15, 0.2) is 11.6 Å². The van der Waals surface area contributed by atoms with Crippen LogP contribution < -0.4 is 10.6 Å². The SMILES string of the molecule is CC1=CCC[C@@]2(C)O[C@@H]2[C@H]2OC(=O)[C@@H](CNCC3CCNCC3)[C@@H]2CC1. The summed E-state index contributed by atoms with van der Waals surface area (Å²) in [4.78, 5) is 12.6. The smallest absolute Gasteiger partial charge is 0.311 e. The fraction of sp³-hybridized carbons (Fsp3) is 0.857. The molecule has 5 heteroatoms. The van der Waals surface area contributed by atoms with Crippen molar-refractivity contribution in [2.75, 3.05) is 26.2 Å². The Morgan fingerprint density at radius 3 is 2.88 bits per heavy atom. The molecule has 3 fully saturated rings. The Morgan fingerprint density at radius 2 is 2.08 bits per heavy atom. The number of epoxide rings is 1. The number of hydrogen-bond donors (Lipinski definition) is 2. The molecule has 0 aromatic rings. The maximum atomic E-state index is 12.6. The summed E-state index contributed by atoms with van der Waals surface area (Å²) in [6.45, 7) is 8.38. The van der Waals surface area contributed by atoms with E-state index in [4.69, 9.17) is 9.47 Å². The second-order valence-electron chi connectivity index (χ2n) is 9.00. The maximum Gasteiger partial charge on any atom is 0.311 e. The molecule has 2 N–H and O–H groups in total. The van der Waals surface area contributed by atoms with Gasteiger partial charge in [-0.1, -0.05) is 11.6 Å². The highest BCUT2D eigenvalue weighted by Gasteiger charge is 2.62. The molecule has 0 bridgehead atoms. The molecule has 3 heterocycles. The highest BCUT2D eigenvalue weighted by Crippen LogP contribution is 2.50. The summed E-state index contributed by atoms with van der Waals surface area (Å²) in [5.41, 5.74) is 1.33. The third-order valence-electron chi connectivity index (χ3n) is 6.99. The van der Waals surface area contributed by atoms with Gasteiger partial charge in [-0.15, -0.1) is 0 Å². The monoisotopic (exact) mass is 362 g/mol. The number of carbonyl (C=O) groups excluding carboxylic acids is 1. The van der Waals surface area contributed by atoms with E-state index in [1.54, 1.807) is 0 Å². The van der Waals surface area contributed by atoms with Gasteiger partial charge in [0.1, 0.15) is 12.2 Å². The van der Waals surface area contributed by atoms with Crippen LogP contribution in [0.3, 0.4) is 0 Å². The van der Waals surface area contributed by atoms with Crippen LogP contribution in [-0.2, 0) is 14.3 Å². The molecule has 0 spiro atoms. The van der Waals surface area contributed by atoms with Crippen molar-refractivity contribution in [2.45, 2.75) is 70.2 Å².